The monoisotopic (exact) mass is 449 g/mol. The SMILES string of the molecule is CN(CC(=O)NN=Cc1ccccc1C(F)(F)F)S(=O)(=O)c1ccc2ccccc2c1. The number of halogens is 3. The van der Waals surface area contributed by atoms with E-state index in [4.69, 9.17) is 0 Å². The molecule has 0 saturated heterocycles. The van der Waals surface area contributed by atoms with E-state index in [1.807, 2.05) is 12.1 Å². The van der Waals surface area contributed by atoms with Crippen LogP contribution >= 0.6 is 0 Å². The fourth-order valence-electron chi connectivity index (χ4n) is 2.87. The van der Waals surface area contributed by atoms with Crippen LogP contribution in [0.5, 0.6) is 0 Å². The molecule has 0 saturated carbocycles. The van der Waals surface area contributed by atoms with Crippen molar-refractivity contribution in [3.63, 3.8) is 0 Å². The quantitative estimate of drug-likeness (QED) is 0.461. The topological polar surface area (TPSA) is 78.8 Å². The van der Waals surface area contributed by atoms with Crippen LogP contribution in [0.1, 0.15) is 11.1 Å². The van der Waals surface area contributed by atoms with Crippen molar-refractivity contribution in [1.82, 2.24) is 9.73 Å². The first kappa shape index (κ1) is 22.4. The third kappa shape index (κ3) is 5.28. The molecule has 1 N–H and O–H groups in total. The van der Waals surface area contributed by atoms with E-state index in [9.17, 15) is 26.4 Å². The van der Waals surface area contributed by atoms with Crippen molar-refractivity contribution < 1.29 is 26.4 Å². The maximum Gasteiger partial charge on any atom is 0.417 e. The molecule has 6 nitrogen and oxygen atoms in total. The van der Waals surface area contributed by atoms with Crippen LogP contribution in [0.3, 0.4) is 0 Å². The molecular formula is C21H18F3N3O3S. The lowest BCUT2D eigenvalue weighted by atomic mass is 10.1. The smallest absolute Gasteiger partial charge is 0.272 e. The number of hydrogen-bond acceptors (Lipinski definition) is 4. The van der Waals surface area contributed by atoms with Gasteiger partial charge in [0.1, 0.15) is 0 Å². The van der Waals surface area contributed by atoms with E-state index in [1.165, 1.54) is 37.4 Å². The summed E-state index contributed by atoms with van der Waals surface area (Å²) < 4.78 is 65.2. The number of benzene rings is 3. The van der Waals surface area contributed by atoms with Crippen LogP contribution in [0, 0.1) is 0 Å². The highest BCUT2D eigenvalue weighted by atomic mass is 32.2. The van der Waals surface area contributed by atoms with Gasteiger partial charge in [-0.05, 0) is 29.0 Å². The Hall–Kier alpha value is -3.24. The van der Waals surface area contributed by atoms with Gasteiger partial charge in [0.25, 0.3) is 5.91 Å². The minimum absolute atomic E-state index is 0.0177. The van der Waals surface area contributed by atoms with Crippen molar-refractivity contribution >= 4 is 32.9 Å². The molecule has 3 rings (SSSR count). The van der Waals surface area contributed by atoms with Crippen LogP contribution in [-0.2, 0) is 21.0 Å². The summed E-state index contributed by atoms with van der Waals surface area (Å²) in [5.41, 5.74) is 0.923. The average Bonchev–Trinajstić information content (AvgIpc) is 2.73. The van der Waals surface area contributed by atoms with Crippen LogP contribution in [0.2, 0.25) is 0 Å². The van der Waals surface area contributed by atoms with Crippen molar-refractivity contribution in [2.24, 2.45) is 5.10 Å². The Kier molecular flexibility index (Phi) is 6.42. The van der Waals surface area contributed by atoms with Gasteiger partial charge in [-0.1, -0.05) is 48.5 Å². The van der Waals surface area contributed by atoms with Crippen LogP contribution < -0.4 is 5.43 Å². The van der Waals surface area contributed by atoms with E-state index in [2.05, 4.69) is 10.5 Å². The normalized spacial score (nSPS) is 12.5. The first-order valence-electron chi connectivity index (χ1n) is 9.02. The number of likely N-dealkylation sites (N-methyl/N-ethyl adjacent to an activating group) is 1. The molecular weight excluding hydrogens is 431 g/mol. The van der Waals surface area contributed by atoms with Crippen molar-refractivity contribution in [2.45, 2.75) is 11.1 Å². The molecule has 162 valence electrons. The minimum Gasteiger partial charge on any atom is -0.272 e. The van der Waals surface area contributed by atoms with Gasteiger partial charge in [-0.25, -0.2) is 13.8 Å². The first-order chi connectivity index (χ1) is 14.6. The summed E-state index contributed by atoms with van der Waals surface area (Å²) in [6, 6.07) is 16.6. The average molecular weight is 449 g/mol. The van der Waals surface area contributed by atoms with E-state index in [0.29, 0.717) is 0 Å². The Bertz CT molecular complexity index is 1240. The molecule has 0 fully saturated rings. The first-order valence-corrected chi connectivity index (χ1v) is 10.5. The molecule has 31 heavy (non-hydrogen) atoms. The molecule has 0 aliphatic heterocycles. The predicted molar refractivity (Wildman–Crippen MR) is 111 cm³/mol. The molecule has 0 bridgehead atoms. The zero-order valence-corrected chi connectivity index (χ0v) is 17.1. The van der Waals surface area contributed by atoms with Crippen LogP contribution in [0.4, 0.5) is 13.2 Å². The van der Waals surface area contributed by atoms with Crippen LogP contribution in [0.15, 0.2) is 76.7 Å². The summed E-state index contributed by atoms with van der Waals surface area (Å²) in [6.07, 6.45) is -3.71. The van der Waals surface area contributed by atoms with Gasteiger partial charge >= 0.3 is 6.18 Å². The fraction of sp³-hybridized carbons (Fsp3) is 0.143. The summed E-state index contributed by atoms with van der Waals surface area (Å²) in [4.78, 5) is 12.1. The maximum atomic E-state index is 13.0. The molecule has 0 radical (unpaired) electrons. The molecule has 0 atom stereocenters. The summed E-state index contributed by atoms with van der Waals surface area (Å²) in [6.45, 7) is -0.562. The lowest BCUT2D eigenvalue weighted by Gasteiger charge is -2.16. The van der Waals surface area contributed by atoms with Gasteiger partial charge in [0, 0.05) is 12.6 Å². The van der Waals surface area contributed by atoms with Gasteiger partial charge in [0.05, 0.1) is 23.2 Å². The Morgan fingerprint density at radius 1 is 1.03 bits per heavy atom. The van der Waals surface area contributed by atoms with Gasteiger partial charge in [0.15, 0.2) is 0 Å². The molecule has 3 aromatic rings. The van der Waals surface area contributed by atoms with Gasteiger partial charge in [-0.2, -0.15) is 22.6 Å². The molecule has 0 heterocycles. The number of carbonyl (C=O) groups is 1. The standard InChI is InChI=1S/C21H18F3N3O3S/c1-27(31(29,30)18-11-10-15-6-2-3-7-16(15)12-18)14-20(28)26-25-13-17-8-4-5-9-19(17)21(22,23)24/h2-13H,14H2,1H3,(H,26,28). The number of rotatable bonds is 6. The molecule has 0 spiro atoms. The fourth-order valence-corrected chi connectivity index (χ4v) is 4.03. The molecule has 1 amide bonds. The summed E-state index contributed by atoms with van der Waals surface area (Å²) >= 11 is 0. The van der Waals surface area contributed by atoms with E-state index in [-0.39, 0.29) is 10.5 Å². The highest BCUT2D eigenvalue weighted by molar-refractivity contribution is 7.89. The number of nitrogens with one attached hydrogen (secondary N) is 1. The summed E-state index contributed by atoms with van der Waals surface area (Å²) in [7, 11) is -2.73. The van der Waals surface area contributed by atoms with Gasteiger partial charge in [-0.3, -0.25) is 4.79 Å². The predicted octanol–water partition coefficient (Wildman–Crippen LogP) is 3.63. The van der Waals surface area contributed by atoms with Gasteiger partial charge < -0.3 is 0 Å². The van der Waals surface area contributed by atoms with Crippen molar-refractivity contribution in [3.05, 3.63) is 77.9 Å². The molecule has 10 heteroatoms. The lowest BCUT2D eigenvalue weighted by molar-refractivity contribution is -0.137. The summed E-state index contributed by atoms with van der Waals surface area (Å²) in [5, 5.41) is 5.12. The Morgan fingerprint density at radius 3 is 2.39 bits per heavy atom. The largest absolute Gasteiger partial charge is 0.417 e. The van der Waals surface area contributed by atoms with E-state index < -0.39 is 34.2 Å². The Morgan fingerprint density at radius 2 is 1.68 bits per heavy atom. The van der Waals surface area contributed by atoms with Crippen molar-refractivity contribution in [1.29, 1.82) is 0 Å². The van der Waals surface area contributed by atoms with Gasteiger partial charge in [-0.15, -0.1) is 0 Å². The van der Waals surface area contributed by atoms with Crippen LogP contribution in [-0.4, -0.2) is 38.4 Å². The van der Waals surface area contributed by atoms with Crippen LogP contribution in [0.25, 0.3) is 10.8 Å². The molecule has 0 unspecified atom stereocenters. The number of fused-ring (bicyclic) bond motifs is 1. The number of hydrogen-bond donors (Lipinski definition) is 1. The van der Waals surface area contributed by atoms with Gasteiger partial charge in [0.2, 0.25) is 10.0 Å². The molecule has 0 aromatic heterocycles. The highest BCUT2D eigenvalue weighted by Crippen LogP contribution is 2.31. The Labute approximate surface area is 177 Å². The summed E-state index contributed by atoms with van der Waals surface area (Å²) in [5.74, 6) is -0.799. The Balaban J connectivity index is 1.68. The second-order valence-electron chi connectivity index (χ2n) is 6.65. The van der Waals surface area contributed by atoms with E-state index in [1.54, 1.807) is 18.2 Å². The number of hydrazone groups is 1. The lowest BCUT2D eigenvalue weighted by Crippen LogP contribution is -2.36. The zero-order valence-electron chi connectivity index (χ0n) is 16.3. The maximum absolute atomic E-state index is 13.0. The number of nitrogens with zero attached hydrogens (tertiary/aromatic N) is 2. The third-order valence-corrected chi connectivity index (χ3v) is 6.25. The highest BCUT2D eigenvalue weighted by Gasteiger charge is 2.32. The zero-order chi connectivity index (χ0) is 22.6. The second kappa shape index (κ2) is 8.86. The van der Waals surface area contributed by atoms with Crippen molar-refractivity contribution in [2.75, 3.05) is 13.6 Å². The third-order valence-electron chi connectivity index (χ3n) is 4.45. The molecule has 0 aliphatic rings. The number of sulfonamides is 1. The molecule has 3 aromatic carbocycles. The van der Waals surface area contributed by atoms with E-state index in [0.717, 1.165) is 27.4 Å². The second-order valence-corrected chi connectivity index (χ2v) is 8.69. The van der Waals surface area contributed by atoms with Crippen molar-refractivity contribution in [3.8, 4) is 0 Å². The van der Waals surface area contributed by atoms with E-state index >= 15 is 0 Å². The number of alkyl halides is 3. The number of amides is 1. The minimum atomic E-state index is -4.57. The number of carbonyl (C=O) groups excluding carboxylic acids is 1. The molecule has 0 aliphatic carbocycles.